The first-order chi connectivity index (χ1) is 6.90. The summed E-state index contributed by atoms with van der Waals surface area (Å²) >= 11 is 0. The first-order valence-corrected chi connectivity index (χ1v) is 4.35. The molecule has 0 fully saturated rings. The molecular weight excluding hydrogens is 178 g/mol. The van der Waals surface area contributed by atoms with E-state index in [1.54, 1.807) is 18.6 Å². The summed E-state index contributed by atoms with van der Waals surface area (Å²) in [5.41, 5.74) is 2.64. The van der Waals surface area contributed by atoms with Gasteiger partial charge in [-0.2, -0.15) is 5.10 Å². The van der Waals surface area contributed by atoms with E-state index >= 15 is 0 Å². The molecule has 2 aromatic rings. The van der Waals surface area contributed by atoms with Crippen molar-refractivity contribution in [2.75, 3.05) is 7.05 Å². The summed E-state index contributed by atoms with van der Waals surface area (Å²) in [5.74, 6) is 0. The van der Waals surface area contributed by atoms with Crippen LogP contribution >= 0.6 is 0 Å². The normalized spacial score (nSPS) is 10.4. The number of nitrogens with zero attached hydrogens (tertiary/aromatic N) is 3. The van der Waals surface area contributed by atoms with Crippen LogP contribution in [-0.2, 0) is 6.54 Å². The molecule has 0 aliphatic carbocycles. The molecule has 14 heavy (non-hydrogen) atoms. The van der Waals surface area contributed by atoms with E-state index in [0.717, 1.165) is 23.6 Å². The third-order valence-corrected chi connectivity index (χ3v) is 1.82. The predicted octanol–water partition coefficient (Wildman–Crippen LogP) is 0.586. The highest BCUT2D eigenvalue weighted by Crippen LogP contribution is 2.12. The van der Waals surface area contributed by atoms with Gasteiger partial charge in [-0.25, -0.2) is 0 Å². The van der Waals surface area contributed by atoms with Gasteiger partial charge in [0, 0.05) is 24.6 Å². The maximum absolute atomic E-state index is 4.16. The van der Waals surface area contributed by atoms with Crippen LogP contribution in [0.15, 0.2) is 24.7 Å². The van der Waals surface area contributed by atoms with Gasteiger partial charge in [-0.1, -0.05) is 0 Å². The summed E-state index contributed by atoms with van der Waals surface area (Å²) in [5, 5.41) is 10.1. The molecule has 72 valence electrons. The van der Waals surface area contributed by atoms with Gasteiger partial charge in [0.05, 0.1) is 6.20 Å². The average Bonchev–Trinajstić information content (AvgIpc) is 2.68. The molecule has 0 aliphatic heterocycles. The molecule has 0 atom stereocenters. The molecular formula is C9H11N5. The van der Waals surface area contributed by atoms with Crippen molar-refractivity contribution in [2.45, 2.75) is 6.54 Å². The van der Waals surface area contributed by atoms with Gasteiger partial charge in [-0.3, -0.25) is 15.1 Å². The Labute approximate surface area is 81.6 Å². The SMILES string of the molecule is CNCc1cc(-c2cnccn2)n[nH]1. The smallest absolute Gasteiger partial charge is 0.112 e. The van der Waals surface area contributed by atoms with Crippen LogP contribution < -0.4 is 5.32 Å². The minimum atomic E-state index is 0.771. The summed E-state index contributed by atoms with van der Waals surface area (Å²) in [6, 6.07) is 1.96. The number of rotatable bonds is 3. The largest absolute Gasteiger partial charge is 0.314 e. The van der Waals surface area contributed by atoms with E-state index in [9.17, 15) is 0 Å². The second-order valence-corrected chi connectivity index (χ2v) is 2.90. The van der Waals surface area contributed by atoms with E-state index < -0.39 is 0 Å². The van der Waals surface area contributed by atoms with Crippen LogP contribution in [0.5, 0.6) is 0 Å². The molecule has 0 unspecified atom stereocenters. The molecule has 0 saturated carbocycles. The zero-order chi connectivity index (χ0) is 9.80. The van der Waals surface area contributed by atoms with Crippen LogP contribution in [0.2, 0.25) is 0 Å². The Hall–Kier alpha value is -1.75. The Morgan fingerprint density at radius 2 is 2.29 bits per heavy atom. The molecule has 2 N–H and O–H groups in total. The lowest BCUT2D eigenvalue weighted by Gasteiger charge is -1.91. The van der Waals surface area contributed by atoms with Gasteiger partial charge in [0.25, 0.3) is 0 Å². The van der Waals surface area contributed by atoms with E-state index in [4.69, 9.17) is 0 Å². The zero-order valence-electron chi connectivity index (χ0n) is 7.86. The van der Waals surface area contributed by atoms with Crippen LogP contribution in [0.1, 0.15) is 5.69 Å². The average molecular weight is 189 g/mol. The van der Waals surface area contributed by atoms with Crippen molar-refractivity contribution in [3.8, 4) is 11.4 Å². The monoisotopic (exact) mass is 189 g/mol. The first-order valence-electron chi connectivity index (χ1n) is 4.35. The first kappa shape index (κ1) is 8.83. The minimum Gasteiger partial charge on any atom is -0.314 e. The summed E-state index contributed by atoms with van der Waals surface area (Å²) in [7, 11) is 1.89. The fourth-order valence-corrected chi connectivity index (χ4v) is 1.21. The van der Waals surface area contributed by atoms with E-state index in [0.29, 0.717) is 0 Å². The highest BCUT2D eigenvalue weighted by Gasteiger charge is 2.03. The fourth-order valence-electron chi connectivity index (χ4n) is 1.21. The summed E-state index contributed by atoms with van der Waals surface area (Å²) in [4.78, 5) is 8.14. The van der Waals surface area contributed by atoms with Gasteiger partial charge >= 0.3 is 0 Å². The third kappa shape index (κ3) is 1.77. The number of aromatic nitrogens is 4. The van der Waals surface area contributed by atoms with Crippen LogP contribution in [0.3, 0.4) is 0 Å². The Kier molecular flexibility index (Phi) is 2.51. The Bertz CT molecular complexity index is 395. The van der Waals surface area contributed by atoms with Crippen molar-refractivity contribution in [1.29, 1.82) is 0 Å². The highest BCUT2D eigenvalue weighted by molar-refractivity contribution is 5.52. The Morgan fingerprint density at radius 1 is 1.36 bits per heavy atom. The maximum atomic E-state index is 4.16. The lowest BCUT2D eigenvalue weighted by Crippen LogP contribution is -2.04. The van der Waals surface area contributed by atoms with Gasteiger partial charge in [0.15, 0.2) is 0 Å². The summed E-state index contributed by atoms with van der Waals surface area (Å²) in [6.45, 7) is 0.771. The molecule has 2 heterocycles. The van der Waals surface area contributed by atoms with Gasteiger partial charge < -0.3 is 5.32 Å². The van der Waals surface area contributed by atoms with Crippen molar-refractivity contribution >= 4 is 0 Å². The number of nitrogens with one attached hydrogen (secondary N) is 2. The Morgan fingerprint density at radius 3 is 3.00 bits per heavy atom. The van der Waals surface area contributed by atoms with Crippen molar-refractivity contribution in [2.24, 2.45) is 0 Å². The van der Waals surface area contributed by atoms with Gasteiger partial charge in [-0.05, 0) is 13.1 Å². The molecule has 0 radical (unpaired) electrons. The molecule has 2 rings (SSSR count). The summed E-state index contributed by atoms with van der Waals surface area (Å²) < 4.78 is 0. The standard InChI is InChI=1S/C9H11N5/c1-10-5-7-4-8(14-13-7)9-6-11-2-3-12-9/h2-4,6,10H,5H2,1H3,(H,13,14). The minimum absolute atomic E-state index is 0.771. The lowest BCUT2D eigenvalue weighted by atomic mass is 10.3. The van der Waals surface area contributed by atoms with Crippen LogP contribution in [0, 0.1) is 0 Å². The lowest BCUT2D eigenvalue weighted by molar-refractivity contribution is 0.784. The second kappa shape index (κ2) is 3.97. The van der Waals surface area contributed by atoms with E-state index in [1.807, 2.05) is 13.1 Å². The van der Waals surface area contributed by atoms with Crippen LogP contribution in [0.25, 0.3) is 11.4 Å². The van der Waals surface area contributed by atoms with Crippen LogP contribution in [0.4, 0.5) is 0 Å². The Balaban J connectivity index is 2.25. The fraction of sp³-hybridized carbons (Fsp3) is 0.222. The van der Waals surface area contributed by atoms with Gasteiger partial charge in [0.2, 0.25) is 0 Å². The van der Waals surface area contributed by atoms with Crippen molar-refractivity contribution in [3.63, 3.8) is 0 Å². The molecule has 0 bridgehead atoms. The quantitative estimate of drug-likeness (QED) is 0.741. The van der Waals surface area contributed by atoms with Gasteiger partial charge in [0.1, 0.15) is 11.4 Å². The molecule has 0 spiro atoms. The van der Waals surface area contributed by atoms with E-state index in [2.05, 4.69) is 25.5 Å². The van der Waals surface area contributed by atoms with E-state index in [1.165, 1.54) is 0 Å². The number of aromatic amines is 1. The summed E-state index contributed by atoms with van der Waals surface area (Å²) in [6.07, 6.45) is 4.99. The second-order valence-electron chi connectivity index (χ2n) is 2.90. The molecule has 0 aromatic carbocycles. The number of hydrogen-bond acceptors (Lipinski definition) is 4. The topological polar surface area (TPSA) is 66.5 Å². The van der Waals surface area contributed by atoms with Crippen molar-refractivity contribution in [3.05, 3.63) is 30.4 Å². The highest BCUT2D eigenvalue weighted by atomic mass is 15.1. The molecule has 5 nitrogen and oxygen atoms in total. The molecule has 0 aliphatic rings. The molecule has 0 amide bonds. The third-order valence-electron chi connectivity index (χ3n) is 1.82. The molecule has 2 aromatic heterocycles. The maximum Gasteiger partial charge on any atom is 0.112 e. The van der Waals surface area contributed by atoms with Crippen molar-refractivity contribution < 1.29 is 0 Å². The number of H-pyrrole nitrogens is 1. The van der Waals surface area contributed by atoms with E-state index in [-0.39, 0.29) is 0 Å². The zero-order valence-corrected chi connectivity index (χ0v) is 7.86. The van der Waals surface area contributed by atoms with Crippen molar-refractivity contribution in [1.82, 2.24) is 25.5 Å². The molecule has 5 heteroatoms. The predicted molar refractivity (Wildman–Crippen MR) is 52.4 cm³/mol. The van der Waals surface area contributed by atoms with Gasteiger partial charge in [-0.15, -0.1) is 0 Å². The number of hydrogen-bond donors (Lipinski definition) is 2. The molecule has 0 saturated heterocycles. The van der Waals surface area contributed by atoms with Crippen LogP contribution in [-0.4, -0.2) is 27.2 Å².